The van der Waals surface area contributed by atoms with Crippen LogP contribution in [0.3, 0.4) is 0 Å². The number of aryl methyl sites for hydroxylation is 1. The predicted octanol–water partition coefficient (Wildman–Crippen LogP) is 15.4. The normalized spacial score (nSPS) is 12.6. The molecule has 0 radical (unpaired) electrons. The largest absolute Gasteiger partial charge is 0.456 e. The number of rotatable bonds is 7. The van der Waals surface area contributed by atoms with Gasteiger partial charge in [0, 0.05) is 22.0 Å². The van der Waals surface area contributed by atoms with Crippen LogP contribution in [0.15, 0.2) is 216 Å². The van der Waals surface area contributed by atoms with E-state index in [2.05, 4.69) is 191 Å². The van der Waals surface area contributed by atoms with Gasteiger partial charge in [0.05, 0.1) is 5.70 Å². The summed E-state index contributed by atoms with van der Waals surface area (Å²) in [4.78, 5) is 5.13. The highest BCUT2D eigenvalue weighted by Gasteiger charge is 2.18. The summed E-state index contributed by atoms with van der Waals surface area (Å²) in [5.41, 5.74) is 20.1. The molecule has 2 heteroatoms. The highest BCUT2D eigenvalue weighted by atomic mass is 16.3. The zero-order valence-corrected chi connectivity index (χ0v) is 33.7. The molecule has 0 saturated heterocycles. The molecule has 59 heavy (non-hydrogen) atoms. The topological polar surface area (TPSA) is 25.5 Å². The van der Waals surface area contributed by atoms with Gasteiger partial charge in [-0.1, -0.05) is 175 Å². The molecule has 1 aromatic heterocycles. The molecule has 1 aliphatic carbocycles. The van der Waals surface area contributed by atoms with Crippen molar-refractivity contribution in [3.05, 3.63) is 240 Å². The van der Waals surface area contributed by atoms with E-state index < -0.39 is 0 Å². The lowest BCUT2D eigenvalue weighted by molar-refractivity contribution is 0.669. The first-order chi connectivity index (χ1) is 29.0. The summed E-state index contributed by atoms with van der Waals surface area (Å²) in [6.45, 7) is 6.31. The minimum Gasteiger partial charge on any atom is -0.456 e. The van der Waals surface area contributed by atoms with Crippen molar-refractivity contribution < 1.29 is 4.42 Å². The molecule has 0 unspecified atom stereocenters. The van der Waals surface area contributed by atoms with Crippen molar-refractivity contribution in [3.8, 4) is 33.4 Å². The maximum atomic E-state index is 6.19. The summed E-state index contributed by atoms with van der Waals surface area (Å²) in [5.74, 6) is 0. The van der Waals surface area contributed by atoms with Crippen molar-refractivity contribution >= 4 is 38.9 Å². The Hall–Kier alpha value is -7.29. The van der Waals surface area contributed by atoms with E-state index in [0.717, 1.165) is 50.9 Å². The van der Waals surface area contributed by atoms with Crippen molar-refractivity contribution in [1.29, 1.82) is 0 Å². The van der Waals surface area contributed by atoms with E-state index in [4.69, 9.17) is 9.41 Å². The van der Waals surface area contributed by atoms with Crippen LogP contribution in [0.25, 0.3) is 66.6 Å². The second-order valence-electron chi connectivity index (χ2n) is 15.3. The maximum absolute atomic E-state index is 6.19. The Morgan fingerprint density at radius 1 is 0.492 bits per heavy atom. The number of hydrogen-bond donors (Lipinski definition) is 0. The molecule has 10 rings (SSSR count). The highest BCUT2D eigenvalue weighted by molar-refractivity contribution is 6.12. The van der Waals surface area contributed by atoms with Crippen molar-refractivity contribution in [1.82, 2.24) is 0 Å². The van der Waals surface area contributed by atoms with Gasteiger partial charge in [-0.05, 0) is 125 Å². The van der Waals surface area contributed by atoms with E-state index in [1.807, 2.05) is 36.4 Å². The van der Waals surface area contributed by atoms with Crippen LogP contribution in [0.1, 0.15) is 47.2 Å². The smallest absolute Gasteiger partial charge is 0.136 e. The summed E-state index contributed by atoms with van der Waals surface area (Å²) in [6.07, 6.45) is 5.33. The Morgan fingerprint density at radius 3 is 1.90 bits per heavy atom. The Bertz CT molecular complexity index is 3020. The fourth-order valence-electron chi connectivity index (χ4n) is 8.08. The van der Waals surface area contributed by atoms with Crippen LogP contribution in [-0.4, -0.2) is 5.71 Å². The molecule has 0 spiro atoms. The third-order valence-corrected chi connectivity index (χ3v) is 11.2. The second-order valence-corrected chi connectivity index (χ2v) is 15.3. The Kier molecular flexibility index (Phi) is 10.5. The first-order valence-electron chi connectivity index (χ1n) is 20.3. The molecule has 1 aliphatic rings. The fraction of sp³-hybridized carbons (Fsp3) is 0.0702. The van der Waals surface area contributed by atoms with Gasteiger partial charge >= 0.3 is 0 Å². The minimum atomic E-state index is 0.875. The van der Waals surface area contributed by atoms with E-state index in [0.29, 0.717) is 0 Å². The molecule has 0 atom stereocenters. The number of allylic oxidation sites excluding steroid dienone is 3. The van der Waals surface area contributed by atoms with Crippen molar-refractivity contribution in [2.45, 2.75) is 27.2 Å². The third-order valence-electron chi connectivity index (χ3n) is 11.2. The monoisotopic (exact) mass is 759 g/mol. The van der Waals surface area contributed by atoms with Crippen molar-refractivity contribution in [3.63, 3.8) is 0 Å². The summed E-state index contributed by atoms with van der Waals surface area (Å²) in [6, 6.07) is 68.3. The zero-order valence-electron chi connectivity index (χ0n) is 33.7. The van der Waals surface area contributed by atoms with Gasteiger partial charge < -0.3 is 4.42 Å². The Morgan fingerprint density at radius 2 is 1.12 bits per heavy atom. The molecule has 2 nitrogen and oxygen atoms in total. The molecule has 0 bridgehead atoms. The van der Waals surface area contributed by atoms with Crippen LogP contribution in [0, 0.1) is 6.92 Å². The van der Waals surface area contributed by atoms with Gasteiger partial charge in [-0.15, -0.1) is 0 Å². The molecule has 0 amide bonds. The standard InChI is InChI=1S/C32H27NO.C25H18/c1-22-17-20-30-28(21-22)32-27(15-10-16-31(32)34-30)29(33-24(3)26-13-8-5-9-14-26)19-18-23(2)25-11-6-4-7-12-25;1-2-7-18(8-3-1)19-10-6-11-20(15-19)21-13-14-23-16-22-9-4-5-12-24(22)25(23)17-21/h4-21H,1-3H3;1-15,17H,16H2/b23-18+,29-19-,33-24?;. The van der Waals surface area contributed by atoms with Gasteiger partial charge in [-0.3, -0.25) is 4.99 Å². The number of hydrogen-bond acceptors (Lipinski definition) is 2. The van der Waals surface area contributed by atoms with Gasteiger partial charge in [-0.2, -0.15) is 0 Å². The van der Waals surface area contributed by atoms with Crippen LogP contribution in [0.4, 0.5) is 0 Å². The Balaban J connectivity index is 0.000000159. The molecular formula is C57H45NO. The maximum Gasteiger partial charge on any atom is 0.136 e. The lowest BCUT2D eigenvalue weighted by Crippen LogP contribution is -1.95. The molecule has 0 aliphatic heterocycles. The zero-order chi connectivity index (χ0) is 40.1. The van der Waals surface area contributed by atoms with E-state index >= 15 is 0 Å². The molecule has 8 aromatic carbocycles. The van der Waals surface area contributed by atoms with Crippen LogP contribution in [0.2, 0.25) is 0 Å². The summed E-state index contributed by atoms with van der Waals surface area (Å²) in [5, 5.41) is 2.22. The van der Waals surface area contributed by atoms with E-state index in [9.17, 15) is 0 Å². The van der Waals surface area contributed by atoms with Crippen LogP contribution < -0.4 is 0 Å². The van der Waals surface area contributed by atoms with Crippen LogP contribution in [0.5, 0.6) is 0 Å². The molecular weight excluding hydrogens is 715 g/mol. The number of fused-ring (bicyclic) bond motifs is 6. The molecule has 9 aromatic rings. The summed E-state index contributed by atoms with van der Waals surface area (Å²) >= 11 is 0. The predicted molar refractivity (Wildman–Crippen MR) is 251 cm³/mol. The number of benzene rings is 8. The van der Waals surface area contributed by atoms with Gasteiger partial charge in [0.15, 0.2) is 0 Å². The van der Waals surface area contributed by atoms with E-state index in [-0.39, 0.29) is 0 Å². The quantitative estimate of drug-likeness (QED) is 0.117. The van der Waals surface area contributed by atoms with Crippen LogP contribution >= 0.6 is 0 Å². The number of aliphatic imine (C=N–C) groups is 1. The fourth-order valence-corrected chi connectivity index (χ4v) is 8.08. The van der Waals surface area contributed by atoms with Gasteiger partial charge in [-0.25, -0.2) is 0 Å². The lowest BCUT2D eigenvalue weighted by atomic mass is 9.96. The second kappa shape index (κ2) is 16.7. The van der Waals surface area contributed by atoms with Crippen molar-refractivity contribution in [2.24, 2.45) is 4.99 Å². The molecule has 0 fully saturated rings. The van der Waals surface area contributed by atoms with Gasteiger partial charge in [0.2, 0.25) is 0 Å². The Labute approximate surface area is 347 Å². The average molecular weight is 760 g/mol. The molecule has 284 valence electrons. The average Bonchev–Trinajstić information content (AvgIpc) is 3.86. The molecule has 0 saturated carbocycles. The molecule has 1 heterocycles. The lowest BCUT2D eigenvalue weighted by Gasteiger charge is -2.09. The SMILES string of the molecule is CC(=N/C(=C\C=C(/C)c1ccccc1)c1cccc2oc3ccc(C)cc3c12)c1ccccc1.c1ccc(-c2cccc(-c3ccc4c(c3)-c3ccccc3C4)c2)cc1. The van der Waals surface area contributed by atoms with E-state index in [1.165, 1.54) is 61.2 Å². The van der Waals surface area contributed by atoms with Gasteiger partial charge in [0.25, 0.3) is 0 Å². The highest BCUT2D eigenvalue weighted by Crippen LogP contribution is 2.40. The van der Waals surface area contributed by atoms with Crippen LogP contribution in [-0.2, 0) is 6.42 Å². The van der Waals surface area contributed by atoms with Crippen molar-refractivity contribution in [2.75, 3.05) is 0 Å². The number of furan rings is 1. The first-order valence-corrected chi connectivity index (χ1v) is 20.3. The summed E-state index contributed by atoms with van der Waals surface area (Å²) < 4.78 is 6.19. The summed E-state index contributed by atoms with van der Waals surface area (Å²) in [7, 11) is 0. The molecule has 0 N–H and O–H groups in total. The van der Waals surface area contributed by atoms with Gasteiger partial charge in [0.1, 0.15) is 11.2 Å². The van der Waals surface area contributed by atoms with E-state index in [1.54, 1.807) is 0 Å². The minimum absolute atomic E-state index is 0.875. The first kappa shape index (κ1) is 37.3. The number of nitrogens with zero attached hydrogens (tertiary/aromatic N) is 1. The third kappa shape index (κ3) is 7.99.